The third-order valence-corrected chi connectivity index (χ3v) is 3.19. The fourth-order valence-electron chi connectivity index (χ4n) is 1.99. The van der Waals surface area contributed by atoms with E-state index in [0.29, 0.717) is 13.1 Å². The number of aromatic nitrogens is 2. The molecule has 0 aliphatic carbocycles. The Bertz CT molecular complexity index is 482. The molecule has 0 spiro atoms. The van der Waals surface area contributed by atoms with E-state index in [9.17, 15) is 9.59 Å². The zero-order chi connectivity index (χ0) is 14.5. The van der Waals surface area contributed by atoms with Crippen LogP contribution >= 0.6 is 0 Å². The van der Waals surface area contributed by atoms with Gasteiger partial charge in [-0.15, -0.1) is 0 Å². The smallest absolute Gasteiger partial charge is 0.274 e. The quantitative estimate of drug-likeness (QED) is 0.789. The molecule has 1 saturated heterocycles. The van der Waals surface area contributed by atoms with Crippen LogP contribution in [0.3, 0.4) is 0 Å². The van der Waals surface area contributed by atoms with E-state index in [4.69, 9.17) is 0 Å². The number of likely N-dealkylation sites (N-methyl/N-ethyl adjacent to an activating group) is 1. The summed E-state index contributed by atoms with van der Waals surface area (Å²) >= 11 is 0. The minimum atomic E-state index is -0.291. The summed E-state index contributed by atoms with van der Waals surface area (Å²) < 4.78 is 0. The lowest BCUT2D eigenvalue weighted by atomic mass is 10.3. The van der Waals surface area contributed by atoms with Gasteiger partial charge in [-0.3, -0.25) is 14.6 Å². The second-order valence-electron chi connectivity index (χ2n) is 4.84. The van der Waals surface area contributed by atoms with Gasteiger partial charge in [0.2, 0.25) is 5.91 Å². The summed E-state index contributed by atoms with van der Waals surface area (Å²) in [4.78, 5) is 35.4. The molecule has 1 aromatic rings. The Kier molecular flexibility index (Phi) is 4.62. The van der Waals surface area contributed by atoms with E-state index in [1.165, 1.54) is 11.1 Å². The molecule has 7 nitrogen and oxygen atoms in total. The van der Waals surface area contributed by atoms with Gasteiger partial charge in [0, 0.05) is 39.4 Å². The molecule has 0 radical (unpaired) electrons. The summed E-state index contributed by atoms with van der Waals surface area (Å²) in [5.41, 5.74) is 1.01. The molecular formula is C13H19N5O2. The highest BCUT2D eigenvalue weighted by Crippen LogP contribution is 2.01. The third-order valence-electron chi connectivity index (χ3n) is 3.19. The summed E-state index contributed by atoms with van der Waals surface area (Å²) in [6, 6.07) is 0. The molecule has 1 fully saturated rings. The van der Waals surface area contributed by atoms with E-state index in [-0.39, 0.29) is 24.1 Å². The molecule has 20 heavy (non-hydrogen) atoms. The molecule has 1 aliphatic rings. The Morgan fingerprint density at radius 2 is 2.00 bits per heavy atom. The van der Waals surface area contributed by atoms with Crippen molar-refractivity contribution in [2.75, 3.05) is 39.8 Å². The second-order valence-corrected chi connectivity index (χ2v) is 4.84. The van der Waals surface area contributed by atoms with Gasteiger partial charge in [-0.1, -0.05) is 0 Å². The monoisotopic (exact) mass is 277 g/mol. The normalized spacial score (nSPS) is 15.0. The van der Waals surface area contributed by atoms with Gasteiger partial charge in [-0.2, -0.15) is 0 Å². The molecule has 1 aliphatic heterocycles. The highest BCUT2D eigenvalue weighted by molar-refractivity contribution is 5.94. The third kappa shape index (κ3) is 3.51. The largest absolute Gasteiger partial charge is 0.339 e. The van der Waals surface area contributed by atoms with Crippen molar-refractivity contribution in [3.8, 4) is 0 Å². The fourth-order valence-corrected chi connectivity index (χ4v) is 1.99. The number of rotatable bonds is 3. The van der Waals surface area contributed by atoms with Crippen LogP contribution in [0.5, 0.6) is 0 Å². The number of amides is 2. The molecule has 0 atom stereocenters. The second kappa shape index (κ2) is 6.42. The maximum Gasteiger partial charge on any atom is 0.274 e. The van der Waals surface area contributed by atoms with Crippen LogP contribution in [0, 0.1) is 6.92 Å². The molecule has 0 unspecified atom stereocenters. The molecule has 0 saturated carbocycles. The molecular weight excluding hydrogens is 258 g/mol. The Balaban J connectivity index is 1.93. The molecule has 0 bridgehead atoms. The van der Waals surface area contributed by atoms with Crippen LogP contribution in [-0.4, -0.2) is 71.4 Å². The first-order valence-corrected chi connectivity index (χ1v) is 6.60. The predicted molar refractivity (Wildman–Crippen MR) is 73.2 cm³/mol. The van der Waals surface area contributed by atoms with Crippen LogP contribution in [-0.2, 0) is 4.79 Å². The van der Waals surface area contributed by atoms with Crippen molar-refractivity contribution in [3.05, 3.63) is 23.8 Å². The minimum Gasteiger partial charge on any atom is -0.339 e. The molecule has 0 aromatic carbocycles. The lowest BCUT2D eigenvalue weighted by Gasteiger charge is -2.29. The number of piperazine rings is 1. The van der Waals surface area contributed by atoms with Crippen molar-refractivity contribution in [2.24, 2.45) is 0 Å². The molecule has 7 heteroatoms. The predicted octanol–water partition coefficient (Wildman–Crippen LogP) is -0.711. The first-order valence-electron chi connectivity index (χ1n) is 6.60. The van der Waals surface area contributed by atoms with Gasteiger partial charge < -0.3 is 15.1 Å². The number of hydrogen-bond acceptors (Lipinski definition) is 5. The number of nitrogens with one attached hydrogen (secondary N) is 1. The maximum absolute atomic E-state index is 12.1. The summed E-state index contributed by atoms with van der Waals surface area (Å²) in [6.45, 7) is 4.84. The summed E-state index contributed by atoms with van der Waals surface area (Å²) in [7, 11) is 1.60. The Hall–Kier alpha value is -2.02. The van der Waals surface area contributed by atoms with Gasteiger partial charge in [0.25, 0.3) is 5.91 Å². The van der Waals surface area contributed by atoms with Gasteiger partial charge in [-0.25, -0.2) is 4.98 Å². The van der Waals surface area contributed by atoms with Gasteiger partial charge in [0.1, 0.15) is 5.69 Å². The zero-order valence-electron chi connectivity index (χ0n) is 11.8. The number of carbonyl (C=O) groups excluding carboxylic acids is 2. The highest BCUT2D eigenvalue weighted by atomic mass is 16.2. The molecule has 1 aromatic heterocycles. The summed E-state index contributed by atoms with van der Waals surface area (Å²) in [5.74, 6) is -0.330. The van der Waals surface area contributed by atoms with Crippen molar-refractivity contribution in [1.29, 1.82) is 0 Å². The molecule has 2 heterocycles. The highest BCUT2D eigenvalue weighted by Gasteiger charge is 2.21. The average molecular weight is 277 g/mol. The first kappa shape index (κ1) is 14.4. The number of carbonyl (C=O) groups is 2. The van der Waals surface area contributed by atoms with Gasteiger partial charge >= 0.3 is 0 Å². The lowest BCUT2D eigenvalue weighted by molar-refractivity contribution is -0.132. The van der Waals surface area contributed by atoms with Crippen LogP contribution in [0.4, 0.5) is 0 Å². The Morgan fingerprint density at radius 1 is 1.30 bits per heavy atom. The zero-order valence-corrected chi connectivity index (χ0v) is 11.8. The number of hydrogen-bond donors (Lipinski definition) is 1. The number of aryl methyl sites for hydroxylation is 1. The molecule has 2 amide bonds. The van der Waals surface area contributed by atoms with Gasteiger partial charge in [-0.05, 0) is 6.92 Å². The van der Waals surface area contributed by atoms with E-state index in [1.807, 2.05) is 0 Å². The SMILES string of the molecule is Cc1cnc(C(=O)N(C)CC(=O)N2CCNCC2)cn1. The van der Waals surface area contributed by atoms with Crippen molar-refractivity contribution >= 4 is 11.8 Å². The summed E-state index contributed by atoms with van der Waals surface area (Å²) in [6.07, 6.45) is 2.97. The van der Waals surface area contributed by atoms with Crippen LogP contribution in [0.2, 0.25) is 0 Å². The fraction of sp³-hybridized carbons (Fsp3) is 0.538. The van der Waals surface area contributed by atoms with Crippen molar-refractivity contribution in [1.82, 2.24) is 25.1 Å². The van der Waals surface area contributed by atoms with Crippen molar-refractivity contribution in [2.45, 2.75) is 6.92 Å². The van der Waals surface area contributed by atoms with Crippen molar-refractivity contribution in [3.63, 3.8) is 0 Å². The van der Waals surface area contributed by atoms with Crippen LogP contribution in [0.15, 0.2) is 12.4 Å². The van der Waals surface area contributed by atoms with E-state index >= 15 is 0 Å². The first-order chi connectivity index (χ1) is 9.58. The minimum absolute atomic E-state index is 0.0394. The number of nitrogens with zero attached hydrogens (tertiary/aromatic N) is 4. The Labute approximate surface area is 118 Å². The van der Waals surface area contributed by atoms with E-state index in [2.05, 4.69) is 15.3 Å². The van der Waals surface area contributed by atoms with Crippen LogP contribution in [0.1, 0.15) is 16.2 Å². The van der Waals surface area contributed by atoms with E-state index < -0.39 is 0 Å². The summed E-state index contributed by atoms with van der Waals surface area (Å²) in [5, 5.41) is 3.18. The van der Waals surface area contributed by atoms with Gasteiger partial charge in [0.15, 0.2) is 0 Å². The van der Waals surface area contributed by atoms with Crippen LogP contribution in [0.25, 0.3) is 0 Å². The Morgan fingerprint density at radius 3 is 2.60 bits per heavy atom. The standard InChI is InChI=1S/C13H19N5O2/c1-10-7-16-11(8-15-10)13(20)17(2)9-12(19)18-5-3-14-4-6-18/h7-8,14H,3-6,9H2,1-2H3. The average Bonchev–Trinajstić information content (AvgIpc) is 2.48. The topological polar surface area (TPSA) is 78.4 Å². The lowest BCUT2D eigenvalue weighted by Crippen LogP contribution is -2.49. The van der Waals surface area contributed by atoms with E-state index in [1.54, 1.807) is 25.1 Å². The molecule has 2 rings (SSSR count). The van der Waals surface area contributed by atoms with Gasteiger partial charge in [0.05, 0.1) is 18.4 Å². The molecule has 108 valence electrons. The van der Waals surface area contributed by atoms with Crippen LogP contribution < -0.4 is 5.32 Å². The maximum atomic E-state index is 12.1. The molecule has 1 N–H and O–H groups in total. The van der Waals surface area contributed by atoms with E-state index in [0.717, 1.165) is 18.8 Å². The van der Waals surface area contributed by atoms with Crippen molar-refractivity contribution < 1.29 is 9.59 Å².